The van der Waals surface area contributed by atoms with Crippen molar-refractivity contribution in [2.24, 2.45) is 0 Å². The summed E-state index contributed by atoms with van der Waals surface area (Å²) in [5.74, 6) is 0.825. The van der Waals surface area contributed by atoms with Crippen molar-refractivity contribution in [1.29, 1.82) is 0 Å². The topological polar surface area (TPSA) is 73.4 Å². The Balaban J connectivity index is 1.20. The Hall–Kier alpha value is -2.88. The van der Waals surface area contributed by atoms with E-state index in [1.165, 1.54) is 12.1 Å². The van der Waals surface area contributed by atoms with Crippen molar-refractivity contribution in [2.45, 2.75) is 25.4 Å². The van der Waals surface area contributed by atoms with E-state index >= 15 is 0 Å². The Bertz CT molecular complexity index is 1080. The summed E-state index contributed by atoms with van der Waals surface area (Å²) in [5.41, 5.74) is 8.31. The quantitative estimate of drug-likeness (QED) is 0.634. The van der Waals surface area contributed by atoms with Crippen LogP contribution in [0.25, 0.3) is 10.6 Å². The number of pyridine rings is 1. The first-order chi connectivity index (χ1) is 15.6. The van der Waals surface area contributed by atoms with Crippen LogP contribution >= 0.6 is 11.3 Å². The summed E-state index contributed by atoms with van der Waals surface area (Å²) in [7, 11) is 0. The van der Waals surface area contributed by atoms with E-state index < -0.39 is 0 Å². The van der Waals surface area contributed by atoms with Gasteiger partial charge in [-0.1, -0.05) is 6.07 Å². The molecule has 5 rings (SSSR count). The average molecular weight is 453 g/mol. The third kappa shape index (κ3) is 4.23. The zero-order valence-corrected chi connectivity index (χ0v) is 18.6. The minimum absolute atomic E-state index is 0.0189. The van der Waals surface area contributed by atoms with Crippen LogP contribution in [-0.4, -0.2) is 53.0 Å². The number of aromatic nitrogens is 2. The molecule has 166 valence electrons. The molecule has 0 spiro atoms. The maximum Gasteiger partial charge on any atom is 0.241 e. The second-order valence-electron chi connectivity index (χ2n) is 8.11. The number of nitrogens with zero attached hydrogens (tertiary/aromatic N) is 4. The normalized spacial score (nSPS) is 21.2. The molecular weight excluding hydrogens is 427 g/mol. The molecule has 9 heteroatoms. The number of anilines is 1. The number of hydrogen-bond donors (Lipinski definition) is 2. The third-order valence-corrected chi connectivity index (χ3v) is 7.33. The van der Waals surface area contributed by atoms with Gasteiger partial charge in [-0.2, -0.15) is 0 Å². The summed E-state index contributed by atoms with van der Waals surface area (Å²) in [6.45, 7) is 4.91. The van der Waals surface area contributed by atoms with Crippen molar-refractivity contribution >= 4 is 23.1 Å². The van der Waals surface area contributed by atoms with E-state index in [4.69, 9.17) is 0 Å². The summed E-state index contributed by atoms with van der Waals surface area (Å²) < 4.78 is 13.2. The van der Waals surface area contributed by atoms with Gasteiger partial charge in [0, 0.05) is 42.8 Å². The fraction of sp³-hybridized carbons (Fsp3) is 0.348. The zero-order valence-electron chi connectivity index (χ0n) is 17.8. The molecule has 2 atom stereocenters. The summed E-state index contributed by atoms with van der Waals surface area (Å²) >= 11 is 1.59. The first-order valence-electron chi connectivity index (χ1n) is 10.8. The van der Waals surface area contributed by atoms with Crippen LogP contribution in [0, 0.1) is 12.7 Å². The van der Waals surface area contributed by atoms with E-state index in [0.29, 0.717) is 19.5 Å². The third-order valence-electron chi connectivity index (χ3n) is 6.01. The lowest BCUT2D eigenvalue weighted by molar-refractivity contribution is -0.133. The first-order valence-corrected chi connectivity index (χ1v) is 11.6. The van der Waals surface area contributed by atoms with Gasteiger partial charge in [0.1, 0.15) is 22.7 Å². The van der Waals surface area contributed by atoms with E-state index in [9.17, 15) is 9.18 Å². The van der Waals surface area contributed by atoms with Crippen LogP contribution < -0.4 is 15.8 Å². The number of hydrogen-bond acceptors (Lipinski definition) is 7. The fourth-order valence-corrected chi connectivity index (χ4v) is 5.39. The zero-order chi connectivity index (χ0) is 22.1. The van der Waals surface area contributed by atoms with E-state index in [2.05, 4.69) is 25.7 Å². The van der Waals surface area contributed by atoms with Crippen molar-refractivity contribution in [3.8, 4) is 10.6 Å². The lowest BCUT2D eigenvalue weighted by Crippen LogP contribution is -2.53. The molecule has 32 heavy (non-hydrogen) atoms. The number of nitrogens with one attached hydrogen (secondary N) is 2. The molecule has 2 saturated heterocycles. The number of hydrazine groups is 1. The number of piperazine rings is 1. The fourth-order valence-electron chi connectivity index (χ4n) is 4.25. The van der Waals surface area contributed by atoms with E-state index in [1.54, 1.807) is 29.7 Å². The van der Waals surface area contributed by atoms with Crippen LogP contribution in [-0.2, 0) is 4.79 Å². The van der Waals surface area contributed by atoms with Gasteiger partial charge >= 0.3 is 0 Å². The highest BCUT2D eigenvalue weighted by Crippen LogP contribution is 2.35. The van der Waals surface area contributed by atoms with Gasteiger partial charge in [0.2, 0.25) is 5.91 Å². The molecule has 2 aromatic heterocycles. The second kappa shape index (κ2) is 8.93. The van der Waals surface area contributed by atoms with E-state index in [1.807, 2.05) is 30.0 Å². The number of carbonyl (C=O) groups is 1. The molecule has 4 heterocycles. The van der Waals surface area contributed by atoms with Crippen LogP contribution in [0.15, 0.2) is 48.7 Å². The molecule has 1 aromatic carbocycles. The molecule has 1 amide bonds. The molecule has 0 bridgehead atoms. The molecular formula is C23H25FN6OS. The number of rotatable bonds is 4. The molecule has 2 N–H and O–H groups in total. The molecule has 2 unspecified atom stereocenters. The summed E-state index contributed by atoms with van der Waals surface area (Å²) in [5, 5.41) is 0.861. The summed E-state index contributed by atoms with van der Waals surface area (Å²) in [4.78, 5) is 27.4. The molecule has 0 saturated carbocycles. The Morgan fingerprint density at radius 1 is 1.09 bits per heavy atom. The molecule has 0 aliphatic carbocycles. The van der Waals surface area contributed by atoms with Gasteiger partial charge in [-0.3, -0.25) is 4.79 Å². The van der Waals surface area contributed by atoms with Crippen LogP contribution in [0.1, 0.15) is 23.0 Å². The first kappa shape index (κ1) is 21.0. The minimum Gasteiger partial charge on any atom is -0.353 e. The Kier molecular flexibility index (Phi) is 5.86. The predicted octanol–water partition coefficient (Wildman–Crippen LogP) is 2.91. The van der Waals surface area contributed by atoms with Gasteiger partial charge in [-0.15, -0.1) is 11.3 Å². The van der Waals surface area contributed by atoms with Crippen LogP contribution in [0.5, 0.6) is 0 Å². The van der Waals surface area contributed by atoms with Crippen molar-refractivity contribution < 1.29 is 9.18 Å². The van der Waals surface area contributed by atoms with Crippen molar-refractivity contribution in [1.82, 2.24) is 25.7 Å². The lowest BCUT2D eigenvalue weighted by Gasteiger charge is -2.36. The maximum absolute atomic E-state index is 13.2. The SMILES string of the molecule is Cc1nc(-c2ccc(F)cc2)sc1C1CC(C(=O)N2CCN(c3ccccn3)CC2)NN1. The summed E-state index contributed by atoms with van der Waals surface area (Å²) in [6.07, 6.45) is 2.47. The molecule has 0 radical (unpaired) electrons. The molecule has 2 fully saturated rings. The van der Waals surface area contributed by atoms with Crippen molar-refractivity contribution in [3.63, 3.8) is 0 Å². The van der Waals surface area contributed by atoms with Gasteiger partial charge in [0.05, 0.1) is 11.7 Å². The molecule has 2 aliphatic rings. The molecule has 2 aliphatic heterocycles. The minimum atomic E-state index is -0.267. The maximum atomic E-state index is 13.2. The highest BCUT2D eigenvalue weighted by Gasteiger charge is 2.35. The van der Waals surface area contributed by atoms with Crippen molar-refractivity contribution in [3.05, 3.63) is 65.0 Å². The number of thiazole rings is 1. The standard InChI is InChI=1S/C23H25FN6OS/c1-15-21(32-22(26-15)16-5-7-17(24)8-6-16)18-14-19(28-27-18)23(31)30-12-10-29(11-13-30)20-4-2-3-9-25-20/h2-9,18-19,27-28H,10-14H2,1H3. The number of amides is 1. The van der Waals surface area contributed by atoms with Gasteiger partial charge in [-0.25, -0.2) is 25.2 Å². The van der Waals surface area contributed by atoms with Crippen LogP contribution in [0.3, 0.4) is 0 Å². The summed E-state index contributed by atoms with van der Waals surface area (Å²) in [6, 6.07) is 12.0. The number of aryl methyl sites for hydroxylation is 1. The number of benzene rings is 1. The van der Waals surface area contributed by atoms with E-state index in [-0.39, 0.29) is 23.8 Å². The smallest absolute Gasteiger partial charge is 0.241 e. The number of halogens is 1. The lowest BCUT2D eigenvalue weighted by atomic mass is 10.1. The monoisotopic (exact) mass is 452 g/mol. The Morgan fingerprint density at radius 3 is 2.59 bits per heavy atom. The van der Waals surface area contributed by atoms with Crippen LogP contribution in [0.2, 0.25) is 0 Å². The van der Waals surface area contributed by atoms with E-state index in [0.717, 1.165) is 40.0 Å². The van der Waals surface area contributed by atoms with Crippen LogP contribution in [0.4, 0.5) is 10.2 Å². The van der Waals surface area contributed by atoms with Gasteiger partial charge in [0.25, 0.3) is 0 Å². The number of carbonyl (C=O) groups excluding carboxylic acids is 1. The average Bonchev–Trinajstić information content (AvgIpc) is 3.47. The highest BCUT2D eigenvalue weighted by molar-refractivity contribution is 7.15. The molecule has 3 aromatic rings. The van der Waals surface area contributed by atoms with Gasteiger partial charge < -0.3 is 9.80 Å². The Labute approximate surface area is 190 Å². The van der Waals surface area contributed by atoms with Crippen molar-refractivity contribution in [2.75, 3.05) is 31.1 Å². The second-order valence-corrected chi connectivity index (χ2v) is 9.14. The largest absolute Gasteiger partial charge is 0.353 e. The molecule has 7 nitrogen and oxygen atoms in total. The van der Waals surface area contributed by atoms with Gasteiger partial charge in [0.15, 0.2) is 0 Å². The Morgan fingerprint density at radius 2 is 1.88 bits per heavy atom. The highest BCUT2D eigenvalue weighted by atomic mass is 32.1. The van der Waals surface area contributed by atoms with Gasteiger partial charge in [-0.05, 0) is 49.7 Å². The predicted molar refractivity (Wildman–Crippen MR) is 123 cm³/mol.